The molecule has 0 bridgehead atoms. The van der Waals surface area contributed by atoms with Gasteiger partial charge in [-0.25, -0.2) is 4.98 Å². The summed E-state index contributed by atoms with van der Waals surface area (Å²) in [5.74, 6) is -0.293. The Labute approximate surface area is 102 Å². The molecule has 0 aliphatic rings. The monoisotopic (exact) mass is 238 g/mol. The lowest BCUT2D eigenvalue weighted by Gasteiger charge is -2.22. The summed E-state index contributed by atoms with van der Waals surface area (Å²) in [6, 6.07) is 0. The zero-order chi connectivity index (χ0) is 12.9. The highest BCUT2D eigenvalue weighted by atomic mass is 16.1. The molecule has 0 spiro atoms. The highest BCUT2D eigenvalue weighted by Crippen LogP contribution is 2.18. The van der Waals surface area contributed by atoms with Gasteiger partial charge in [-0.15, -0.1) is 0 Å². The van der Waals surface area contributed by atoms with E-state index in [4.69, 9.17) is 5.73 Å². The molecule has 0 aromatic carbocycles. The summed E-state index contributed by atoms with van der Waals surface area (Å²) in [6.07, 6.45) is 4.66. The number of nitrogens with zero attached hydrogens (tertiary/aromatic N) is 2. The lowest BCUT2D eigenvalue weighted by Crippen LogP contribution is -2.35. The normalized spacial score (nSPS) is 11.7. The summed E-state index contributed by atoms with van der Waals surface area (Å²) >= 11 is 0. The lowest BCUT2D eigenvalue weighted by molar-refractivity contribution is -0.126. The molecule has 1 rings (SSSR count). The maximum Gasteiger partial charge on any atom is 0.224 e. The third-order valence-corrected chi connectivity index (χ3v) is 2.76. The van der Waals surface area contributed by atoms with Gasteiger partial charge in [-0.05, 0) is 26.8 Å². The number of carbonyl (C=O) groups is 1. The van der Waals surface area contributed by atoms with Crippen LogP contribution in [0.2, 0.25) is 0 Å². The number of hydrogen-bond acceptors (Lipinski definition) is 3. The first-order valence-electron chi connectivity index (χ1n) is 5.97. The number of nitrogens with one attached hydrogen (secondary N) is 1. The number of nitrogens with two attached hydrogens (primary N) is 1. The van der Waals surface area contributed by atoms with Crippen LogP contribution >= 0.6 is 0 Å². The van der Waals surface area contributed by atoms with Crippen LogP contribution in [0.15, 0.2) is 12.5 Å². The first-order chi connectivity index (χ1) is 7.97. The molecule has 0 radical (unpaired) electrons. The molecular weight excluding hydrogens is 216 g/mol. The van der Waals surface area contributed by atoms with E-state index >= 15 is 0 Å². The predicted molar refractivity (Wildman–Crippen MR) is 67.2 cm³/mol. The Morgan fingerprint density at radius 2 is 2.29 bits per heavy atom. The molecule has 1 aromatic heterocycles. The van der Waals surface area contributed by atoms with E-state index in [1.165, 1.54) is 0 Å². The maximum atomic E-state index is 11.3. The van der Waals surface area contributed by atoms with E-state index in [1.54, 1.807) is 6.33 Å². The molecule has 96 valence electrons. The van der Waals surface area contributed by atoms with Crippen LogP contribution in [0.5, 0.6) is 0 Å². The molecule has 0 unspecified atom stereocenters. The Morgan fingerprint density at radius 3 is 2.88 bits per heavy atom. The molecular formula is C12H22N4O. The van der Waals surface area contributed by atoms with Crippen molar-refractivity contribution in [2.24, 2.45) is 11.1 Å². The predicted octanol–water partition coefficient (Wildman–Crippen LogP) is 0.894. The minimum atomic E-state index is -0.555. The Bertz CT molecular complexity index is 370. The van der Waals surface area contributed by atoms with Gasteiger partial charge in [-0.2, -0.15) is 0 Å². The van der Waals surface area contributed by atoms with Crippen molar-refractivity contribution >= 4 is 5.91 Å². The van der Waals surface area contributed by atoms with Crippen LogP contribution in [-0.2, 0) is 17.9 Å². The third kappa shape index (κ3) is 3.85. The number of carbonyl (C=O) groups excluding carboxylic acids is 1. The van der Waals surface area contributed by atoms with Gasteiger partial charge in [0, 0.05) is 19.3 Å². The highest BCUT2D eigenvalue weighted by Gasteiger charge is 2.26. The molecule has 0 atom stereocenters. The first kappa shape index (κ1) is 13.7. The fourth-order valence-corrected chi connectivity index (χ4v) is 1.53. The van der Waals surface area contributed by atoms with Gasteiger partial charge in [-0.3, -0.25) is 4.79 Å². The number of primary amides is 1. The van der Waals surface area contributed by atoms with E-state index in [0.29, 0.717) is 6.54 Å². The van der Waals surface area contributed by atoms with Gasteiger partial charge in [-0.1, -0.05) is 6.92 Å². The van der Waals surface area contributed by atoms with Gasteiger partial charge >= 0.3 is 0 Å². The summed E-state index contributed by atoms with van der Waals surface area (Å²) in [4.78, 5) is 15.4. The molecule has 0 saturated carbocycles. The molecule has 5 nitrogen and oxygen atoms in total. The molecule has 0 aliphatic carbocycles. The van der Waals surface area contributed by atoms with Gasteiger partial charge in [0.1, 0.15) is 0 Å². The van der Waals surface area contributed by atoms with Gasteiger partial charge in [0.2, 0.25) is 5.91 Å². The molecule has 5 heteroatoms. The SMILES string of the molecule is CCCNCc1cncn1CC(C)(C)C(N)=O. The quantitative estimate of drug-likeness (QED) is 0.693. The molecule has 17 heavy (non-hydrogen) atoms. The summed E-state index contributed by atoms with van der Waals surface area (Å²) in [5, 5.41) is 3.32. The van der Waals surface area contributed by atoms with Gasteiger partial charge < -0.3 is 15.6 Å². The van der Waals surface area contributed by atoms with Crippen molar-refractivity contribution in [3.05, 3.63) is 18.2 Å². The van der Waals surface area contributed by atoms with Gasteiger partial charge in [0.05, 0.1) is 17.4 Å². The fourth-order valence-electron chi connectivity index (χ4n) is 1.53. The number of rotatable bonds is 7. The minimum absolute atomic E-state index is 0.293. The zero-order valence-corrected chi connectivity index (χ0v) is 10.9. The fraction of sp³-hybridized carbons (Fsp3) is 0.667. The molecule has 1 amide bonds. The van der Waals surface area contributed by atoms with Crippen molar-refractivity contribution in [3.63, 3.8) is 0 Å². The molecule has 3 N–H and O–H groups in total. The van der Waals surface area contributed by atoms with E-state index in [2.05, 4.69) is 17.2 Å². The zero-order valence-electron chi connectivity index (χ0n) is 10.9. The minimum Gasteiger partial charge on any atom is -0.369 e. The third-order valence-electron chi connectivity index (χ3n) is 2.76. The summed E-state index contributed by atoms with van der Waals surface area (Å²) < 4.78 is 1.98. The van der Waals surface area contributed by atoms with Crippen LogP contribution in [0.1, 0.15) is 32.9 Å². The standard InChI is InChI=1S/C12H22N4O/c1-4-5-14-6-10-7-15-9-16(10)8-12(2,3)11(13)17/h7,9,14H,4-6,8H2,1-3H3,(H2,13,17). The first-order valence-corrected chi connectivity index (χ1v) is 5.97. The second kappa shape index (κ2) is 5.82. The van der Waals surface area contributed by atoms with Crippen molar-refractivity contribution in [2.45, 2.75) is 40.3 Å². The number of aromatic nitrogens is 2. The van der Waals surface area contributed by atoms with Crippen LogP contribution in [-0.4, -0.2) is 22.0 Å². The Hall–Kier alpha value is -1.36. The molecule has 0 saturated heterocycles. The number of amides is 1. The van der Waals surface area contributed by atoms with Gasteiger partial charge in [0.25, 0.3) is 0 Å². The average molecular weight is 238 g/mol. The van der Waals surface area contributed by atoms with Gasteiger partial charge in [0.15, 0.2) is 0 Å². The van der Waals surface area contributed by atoms with E-state index in [1.807, 2.05) is 24.6 Å². The molecule has 0 fully saturated rings. The average Bonchev–Trinajstić information content (AvgIpc) is 2.65. The Kier molecular flexibility index (Phi) is 4.69. The van der Waals surface area contributed by atoms with E-state index < -0.39 is 5.41 Å². The highest BCUT2D eigenvalue weighted by molar-refractivity contribution is 5.79. The summed E-state index contributed by atoms with van der Waals surface area (Å²) in [5.41, 5.74) is 5.89. The maximum absolute atomic E-state index is 11.3. The summed E-state index contributed by atoms with van der Waals surface area (Å²) in [6.45, 7) is 8.12. The van der Waals surface area contributed by atoms with Crippen LogP contribution < -0.4 is 11.1 Å². The van der Waals surface area contributed by atoms with Crippen LogP contribution in [0.4, 0.5) is 0 Å². The van der Waals surface area contributed by atoms with Crippen LogP contribution in [0.3, 0.4) is 0 Å². The van der Waals surface area contributed by atoms with Crippen LogP contribution in [0, 0.1) is 5.41 Å². The number of hydrogen-bond donors (Lipinski definition) is 2. The van der Waals surface area contributed by atoms with Crippen molar-refractivity contribution in [2.75, 3.05) is 6.54 Å². The van der Waals surface area contributed by atoms with Crippen LogP contribution in [0.25, 0.3) is 0 Å². The molecule has 1 aromatic rings. The molecule has 1 heterocycles. The summed E-state index contributed by atoms with van der Waals surface area (Å²) in [7, 11) is 0. The largest absolute Gasteiger partial charge is 0.369 e. The smallest absolute Gasteiger partial charge is 0.224 e. The lowest BCUT2D eigenvalue weighted by atomic mass is 9.92. The van der Waals surface area contributed by atoms with E-state index in [9.17, 15) is 4.79 Å². The topological polar surface area (TPSA) is 72.9 Å². The van der Waals surface area contributed by atoms with Crippen molar-refractivity contribution in [3.8, 4) is 0 Å². The molecule has 0 aliphatic heterocycles. The van der Waals surface area contributed by atoms with Crippen molar-refractivity contribution < 1.29 is 4.79 Å². The Balaban J connectivity index is 2.65. The Morgan fingerprint density at radius 1 is 1.59 bits per heavy atom. The van der Waals surface area contributed by atoms with Crippen molar-refractivity contribution in [1.82, 2.24) is 14.9 Å². The second-order valence-electron chi connectivity index (χ2n) is 4.94. The van der Waals surface area contributed by atoms with E-state index in [0.717, 1.165) is 25.2 Å². The van der Waals surface area contributed by atoms with E-state index in [-0.39, 0.29) is 5.91 Å². The van der Waals surface area contributed by atoms with Crippen molar-refractivity contribution in [1.29, 1.82) is 0 Å². The number of imidazole rings is 1. The second-order valence-corrected chi connectivity index (χ2v) is 4.94.